The number of pyridine rings is 1. The van der Waals surface area contributed by atoms with Crippen molar-refractivity contribution in [3.05, 3.63) is 59.3 Å². The number of halogens is 1. The predicted octanol–water partition coefficient (Wildman–Crippen LogP) is 6.13. The van der Waals surface area contributed by atoms with Crippen LogP contribution in [0.5, 0.6) is 5.75 Å². The van der Waals surface area contributed by atoms with Crippen LogP contribution in [0, 0.1) is 5.82 Å². The third-order valence-electron chi connectivity index (χ3n) is 3.85. The molecule has 0 amide bonds. The van der Waals surface area contributed by atoms with E-state index in [0.29, 0.717) is 5.56 Å². The van der Waals surface area contributed by atoms with Gasteiger partial charge in [-0.15, -0.1) is 0 Å². The number of H-pyrrole nitrogens is 1. The lowest BCUT2D eigenvalue weighted by atomic mass is 10.0. The number of para-hydroxylation sites is 1. The van der Waals surface area contributed by atoms with Gasteiger partial charge in [0, 0.05) is 34.5 Å². The highest BCUT2D eigenvalue weighted by Crippen LogP contribution is 2.37. The van der Waals surface area contributed by atoms with Crippen molar-refractivity contribution < 1.29 is 9.13 Å². The highest BCUT2D eigenvalue weighted by molar-refractivity contribution is 7.08. The molecule has 0 atom stereocenters. The maximum Gasteiger partial charge on any atom is 0.165 e. The lowest BCUT2D eigenvalue weighted by Gasteiger charge is -2.08. The fourth-order valence-corrected chi connectivity index (χ4v) is 3.41. The van der Waals surface area contributed by atoms with Gasteiger partial charge in [-0.2, -0.15) is 11.3 Å². The highest BCUT2D eigenvalue weighted by atomic mass is 32.1. The van der Waals surface area contributed by atoms with E-state index in [-0.39, 0.29) is 11.6 Å². The van der Waals surface area contributed by atoms with Crippen molar-refractivity contribution in [1.29, 1.82) is 0 Å². The second kappa shape index (κ2) is 7.49. The third kappa shape index (κ3) is 3.15. The lowest BCUT2D eigenvalue weighted by molar-refractivity contribution is 0.388. The molecule has 0 aliphatic carbocycles. The van der Waals surface area contributed by atoms with Crippen LogP contribution in [0.15, 0.2) is 53.5 Å². The maximum atomic E-state index is 14.0. The number of hydrogen-bond donors (Lipinski definition) is 1. The maximum absolute atomic E-state index is 14.0. The molecule has 0 fully saturated rings. The Balaban J connectivity index is 0.000000880. The minimum atomic E-state index is -0.374. The average molecular weight is 354 g/mol. The molecule has 25 heavy (non-hydrogen) atoms. The van der Waals surface area contributed by atoms with E-state index in [4.69, 9.17) is 4.74 Å². The Bertz CT molecular complexity index is 977. The fraction of sp³-hybridized carbons (Fsp3) is 0.150. The van der Waals surface area contributed by atoms with Crippen molar-refractivity contribution >= 4 is 22.4 Å². The smallest absolute Gasteiger partial charge is 0.165 e. The first-order valence-electron chi connectivity index (χ1n) is 8.10. The van der Waals surface area contributed by atoms with Crippen molar-refractivity contribution in [3.63, 3.8) is 0 Å². The molecule has 0 aliphatic rings. The number of ether oxygens (including phenoxy) is 1. The molecule has 1 N–H and O–H groups in total. The predicted molar refractivity (Wildman–Crippen MR) is 103 cm³/mol. The minimum Gasteiger partial charge on any atom is -0.493 e. The van der Waals surface area contributed by atoms with E-state index in [0.717, 1.165) is 27.7 Å². The standard InChI is InChI=1S/C18H13FN2OS.C2H6/c1-22-17-13(3-2-4-16(17)19)15-9-21-18-14(15)7-12(8-20-18)11-5-6-23-10-11;1-2/h2-10H,1H3,(H,20,21);1-2H3. The Morgan fingerprint density at radius 2 is 1.96 bits per heavy atom. The summed E-state index contributed by atoms with van der Waals surface area (Å²) < 4.78 is 19.2. The van der Waals surface area contributed by atoms with Gasteiger partial charge in [0.25, 0.3) is 0 Å². The third-order valence-corrected chi connectivity index (χ3v) is 4.53. The molecule has 0 saturated heterocycles. The van der Waals surface area contributed by atoms with Gasteiger partial charge in [-0.3, -0.25) is 0 Å². The molecule has 3 aromatic heterocycles. The van der Waals surface area contributed by atoms with E-state index in [9.17, 15) is 4.39 Å². The van der Waals surface area contributed by atoms with Crippen LogP contribution in [-0.2, 0) is 0 Å². The van der Waals surface area contributed by atoms with Crippen LogP contribution in [0.25, 0.3) is 33.3 Å². The summed E-state index contributed by atoms with van der Waals surface area (Å²) in [5.74, 6) is -0.129. The molecule has 0 unspecified atom stereocenters. The zero-order valence-electron chi connectivity index (χ0n) is 14.3. The van der Waals surface area contributed by atoms with Crippen LogP contribution in [-0.4, -0.2) is 17.1 Å². The average Bonchev–Trinajstić information content (AvgIpc) is 3.32. The molecule has 0 aliphatic heterocycles. The summed E-state index contributed by atoms with van der Waals surface area (Å²) in [6, 6.07) is 9.05. The van der Waals surface area contributed by atoms with Gasteiger partial charge < -0.3 is 9.72 Å². The molecule has 4 rings (SSSR count). The molecule has 5 heteroatoms. The molecule has 4 aromatic rings. The van der Waals surface area contributed by atoms with E-state index in [1.54, 1.807) is 17.4 Å². The summed E-state index contributed by atoms with van der Waals surface area (Å²) in [5, 5.41) is 5.06. The SMILES string of the molecule is CC.COc1c(F)cccc1-c1c[nH]c2ncc(-c3ccsc3)cc12. The normalized spacial score (nSPS) is 10.4. The van der Waals surface area contributed by atoms with Crippen molar-refractivity contribution in [1.82, 2.24) is 9.97 Å². The van der Waals surface area contributed by atoms with Crippen LogP contribution in [0.3, 0.4) is 0 Å². The zero-order chi connectivity index (χ0) is 17.8. The number of benzene rings is 1. The summed E-state index contributed by atoms with van der Waals surface area (Å²) in [6.45, 7) is 4.00. The number of aromatic amines is 1. The molecule has 0 spiro atoms. The lowest BCUT2D eigenvalue weighted by Crippen LogP contribution is -1.91. The number of nitrogens with one attached hydrogen (secondary N) is 1. The number of nitrogens with zero attached hydrogens (tertiary/aromatic N) is 1. The van der Waals surface area contributed by atoms with Gasteiger partial charge >= 0.3 is 0 Å². The molecular weight excluding hydrogens is 335 g/mol. The first-order valence-corrected chi connectivity index (χ1v) is 9.05. The molecule has 3 nitrogen and oxygen atoms in total. The van der Waals surface area contributed by atoms with Gasteiger partial charge in [0.05, 0.1) is 7.11 Å². The van der Waals surface area contributed by atoms with Crippen molar-refractivity contribution in [2.24, 2.45) is 0 Å². The quantitative estimate of drug-likeness (QED) is 0.480. The molecule has 1 aromatic carbocycles. The number of thiophene rings is 1. The molecule has 3 heterocycles. The number of aromatic nitrogens is 2. The highest BCUT2D eigenvalue weighted by Gasteiger charge is 2.15. The number of methoxy groups -OCH3 is 1. The Labute approximate surface area is 150 Å². The Hall–Kier alpha value is -2.66. The second-order valence-electron chi connectivity index (χ2n) is 5.16. The zero-order valence-corrected chi connectivity index (χ0v) is 15.2. The van der Waals surface area contributed by atoms with Gasteiger partial charge in [0.2, 0.25) is 0 Å². The molecule has 0 radical (unpaired) electrons. The minimum absolute atomic E-state index is 0.245. The molecule has 128 valence electrons. The van der Waals surface area contributed by atoms with E-state index in [2.05, 4.69) is 27.5 Å². The molecule has 0 bridgehead atoms. The molecular formula is C20H19FN2OS. The largest absolute Gasteiger partial charge is 0.493 e. The Kier molecular flexibility index (Phi) is 5.14. The first kappa shape index (κ1) is 17.2. The van der Waals surface area contributed by atoms with E-state index in [1.165, 1.54) is 13.2 Å². The summed E-state index contributed by atoms with van der Waals surface area (Å²) in [4.78, 5) is 7.62. The second-order valence-corrected chi connectivity index (χ2v) is 5.94. The van der Waals surface area contributed by atoms with E-state index in [1.807, 2.05) is 37.7 Å². The number of fused-ring (bicyclic) bond motifs is 1. The fourth-order valence-electron chi connectivity index (χ4n) is 2.74. The monoisotopic (exact) mass is 354 g/mol. The van der Waals surface area contributed by atoms with Gasteiger partial charge in [-0.1, -0.05) is 26.0 Å². The molecule has 0 saturated carbocycles. The summed E-state index contributed by atoms with van der Waals surface area (Å²) >= 11 is 1.65. The van der Waals surface area contributed by atoms with Crippen LogP contribution < -0.4 is 4.74 Å². The van der Waals surface area contributed by atoms with Crippen molar-refractivity contribution in [3.8, 4) is 28.0 Å². The first-order chi connectivity index (χ1) is 12.3. The van der Waals surface area contributed by atoms with Gasteiger partial charge in [0.1, 0.15) is 5.65 Å². The van der Waals surface area contributed by atoms with Crippen LogP contribution in [0.1, 0.15) is 13.8 Å². The number of hydrogen-bond acceptors (Lipinski definition) is 3. The van der Waals surface area contributed by atoms with Gasteiger partial charge in [-0.25, -0.2) is 9.37 Å². The van der Waals surface area contributed by atoms with Crippen molar-refractivity contribution in [2.75, 3.05) is 7.11 Å². The van der Waals surface area contributed by atoms with Crippen LogP contribution in [0.2, 0.25) is 0 Å². The van der Waals surface area contributed by atoms with Gasteiger partial charge in [0.15, 0.2) is 11.6 Å². The van der Waals surface area contributed by atoms with Gasteiger partial charge in [-0.05, 0) is 34.5 Å². The Morgan fingerprint density at radius 1 is 1.12 bits per heavy atom. The number of rotatable bonds is 3. The van der Waals surface area contributed by atoms with Crippen LogP contribution in [0.4, 0.5) is 4.39 Å². The summed E-state index contributed by atoms with van der Waals surface area (Å²) in [6.07, 6.45) is 3.68. The summed E-state index contributed by atoms with van der Waals surface area (Å²) in [5.41, 5.74) is 4.52. The van der Waals surface area contributed by atoms with E-state index >= 15 is 0 Å². The van der Waals surface area contributed by atoms with Crippen molar-refractivity contribution in [2.45, 2.75) is 13.8 Å². The summed E-state index contributed by atoms with van der Waals surface area (Å²) in [7, 11) is 1.48. The topological polar surface area (TPSA) is 37.9 Å². The Morgan fingerprint density at radius 3 is 2.68 bits per heavy atom. The van der Waals surface area contributed by atoms with E-state index < -0.39 is 0 Å². The van der Waals surface area contributed by atoms with Crippen LogP contribution >= 0.6 is 11.3 Å².